The second-order valence-corrected chi connectivity index (χ2v) is 5.19. The van der Waals surface area contributed by atoms with E-state index in [9.17, 15) is 0 Å². The van der Waals surface area contributed by atoms with E-state index in [1.165, 1.54) is 17.9 Å². The minimum Gasteiger partial charge on any atom is -0.382 e. The van der Waals surface area contributed by atoms with Gasteiger partial charge < -0.3 is 14.8 Å². The van der Waals surface area contributed by atoms with E-state index >= 15 is 0 Å². The number of methoxy groups -OCH3 is 1. The molecule has 1 unspecified atom stereocenters. The third kappa shape index (κ3) is 12.3. The highest BCUT2D eigenvalue weighted by atomic mass is 32.2. The fourth-order valence-electron chi connectivity index (χ4n) is 1.27. The summed E-state index contributed by atoms with van der Waals surface area (Å²) < 4.78 is 10.3. The molecule has 0 aromatic heterocycles. The SMILES string of the molecule is CCSCCC(C)NCCCOCCOC. The average molecular weight is 249 g/mol. The summed E-state index contributed by atoms with van der Waals surface area (Å²) in [6, 6.07) is 0.623. The van der Waals surface area contributed by atoms with Crippen LogP contribution < -0.4 is 5.32 Å². The lowest BCUT2D eigenvalue weighted by Gasteiger charge is -2.13. The van der Waals surface area contributed by atoms with Gasteiger partial charge >= 0.3 is 0 Å². The van der Waals surface area contributed by atoms with E-state index in [1.807, 2.05) is 11.8 Å². The fourth-order valence-corrected chi connectivity index (χ4v) is 2.08. The van der Waals surface area contributed by atoms with E-state index in [0.717, 1.165) is 19.6 Å². The van der Waals surface area contributed by atoms with E-state index in [-0.39, 0.29) is 0 Å². The summed E-state index contributed by atoms with van der Waals surface area (Å²) in [6.07, 6.45) is 2.33. The Morgan fingerprint density at radius 1 is 1.25 bits per heavy atom. The summed E-state index contributed by atoms with van der Waals surface area (Å²) in [6.45, 7) is 7.73. The van der Waals surface area contributed by atoms with E-state index in [4.69, 9.17) is 9.47 Å². The Morgan fingerprint density at radius 2 is 2.06 bits per heavy atom. The molecule has 0 aliphatic carbocycles. The summed E-state index contributed by atoms with van der Waals surface area (Å²) in [5.41, 5.74) is 0. The lowest BCUT2D eigenvalue weighted by Crippen LogP contribution is -2.28. The number of ether oxygens (including phenoxy) is 2. The van der Waals surface area contributed by atoms with Gasteiger partial charge in [0.1, 0.15) is 0 Å². The van der Waals surface area contributed by atoms with E-state index in [2.05, 4.69) is 19.2 Å². The molecule has 0 fully saturated rings. The molecule has 0 spiro atoms. The zero-order chi connectivity index (χ0) is 12.1. The normalized spacial score (nSPS) is 12.9. The van der Waals surface area contributed by atoms with Crippen molar-refractivity contribution in [1.29, 1.82) is 0 Å². The van der Waals surface area contributed by atoms with Crippen molar-refractivity contribution in [3.05, 3.63) is 0 Å². The molecule has 16 heavy (non-hydrogen) atoms. The first kappa shape index (κ1) is 16.2. The van der Waals surface area contributed by atoms with Gasteiger partial charge in [0, 0.05) is 19.8 Å². The van der Waals surface area contributed by atoms with Crippen LogP contribution in [-0.2, 0) is 9.47 Å². The van der Waals surface area contributed by atoms with Gasteiger partial charge in [0.15, 0.2) is 0 Å². The molecule has 0 bridgehead atoms. The van der Waals surface area contributed by atoms with E-state index in [1.54, 1.807) is 7.11 Å². The Balaban J connectivity index is 3.06. The molecule has 1 N–H and O–H groups in total. The molecule has 98 valence electrons. The van der Waals surface area contributed by atoms with Gasteiger partial charge in [-0.2, -0.15) is 11.8 Å². The molecule has 0 rings (SSSR count). The van der Waals surface area contributed by atoms with Gasteiger partial charge in [0.2, 0.25) is 0 Å². The Labute approximate surface area is 105 Å². The Morgan fingerprint density at radius 3 is 2.75 bits per heavy atom. The van der Waals surface area contributed by atoms with Gasteiger partial charge in [-0.3, -0.25) is 0 Å². The molecule has 0 radical (unpaired) electrons. The van der Waals surface area contributed by atoms with Crippen LogP contribution in [0.3, 0.4) is 0 Å². The van der Waals surface area contributed by atoms with Gasteiger partial charge in [-0.15, -0.1) is 0 Å². The summed E-state index contributed by atoms with van der Waals surface area (Å²) in [5.74, 6) is 2.48. The number of nitrogens with one attached hydrogen (secondary N) is 1. The molecule has 0 aromatic rings. The molecule has 0 aliphatic heterocycles. The number of rotatable bonds is 12. The molecule has 0 aliphatic rings. The highest BCUT2D eigenvalue weighted by Crippen LogP contribution is 2.03. The van der Waals surface area contributed by atoms with Crippen molar-refractivity contribution in [3.63, 3.8) is 0 Å². The molecule has 0 saturated carbocycles. The van der Waals surface area contributed by atoms with Crippen LogP contribution in [0.15, 0.2) is 0 Å². The average Bonchev–Trinajstić information content (AvgIpc) is 2.28. The van der Waals surface area contributed by atoms with E-state index in [0.29, 0.717) is 19.3 Å². The molecule has 3 nitrogen and oxygen atoms in total. The Kier molecular flexibility index (Phi) is 13.5. The molecule has 0 heterocycles. The van der Waals surface area contributed by atoms with Crippen molar-refractivity contribution < 1.29 is 9.47 Å². The quantitative estimate of drug-likeness (QED) is 0.537. The van der Waals surface area contributed by atoms with Gasteiger partial charge in [-0.1, -0.05) is 6.92 Å². The van der Waals surface area contributed by atoms with Crippen molar-refractivity contribution in [1.82, 2.24) is 5.32 Å². The first-order valence-electron chi connectivity index (χ1n) is 6.19. The lowest BCUT2D eigenvalue weighted by atomic mass is 10.2. The summed E-state index contributed by atoms with van der Waals surface area (Å²) in [4.78, 5) is 0. The van der Waals surface area contributed by atoms with Crippen LogP contribution in [0.1, 0.15) is 26.7 Å². The maximum atomic E-state index is 5.39. The lowest BCUT2D eigenvalue weighted by molar-refractivity contribution is 0.0693. The first-order chi connectivity index (χ1) is 7.81. The highest BCUT2D eigenvalue weighted by molar-refractivity contribution is 7.99. The van der Waals surface area contributed by atoms with Crippen LogP contribution in [0, 0.1) is 0 Å². The van der Waals surface area contributed by atoms with Gasteiger partial charge in [0.05, 0.1) is 13.2 Å². The van der Waals surface area contributed by atoms with Crippen molar-refractivity contribution in [2.45, 2.75) is 32.7 Å². The van der Waals surface area contributed by atoms with Crippen LogP contribution in [0.4, 0.5) is 0 Å². The molecule has 4 heteroatoms. The monoisotopic (exact) mass is 249 g/mol. The van der Waals surface area contributed by atoms with Crippen molar-refractivity contribution in [2.75, 3.05) is 45.0 Å². The third-order valence-corrected chi connectivity index (χ3v) is 3.22. The number of hydrogen-bond acceptors (Lipinski definition) is 4. The van der Waals surface area contributed by atoms with Crippen LogP contribution in [0.2, 0.25) is 0 Å². The van der Waals surface area contributed by atoms with Crippen molar-refractivity contribution in [2.24, 2.45) is 0 Å². The van der Waals surface area contributed by atoms with Gasteiger partial charge in [-0.05, 0) is 37.8 Å². The van der Waals surface area contributed by atoms with Gasteiger partial charge in [-0.25, -0.2) is 0 Å². The van der Waals surface area contributed by atoms with Crippen molar-refractivity contribution in [3.8, 4) is 0 Å². The highest BCUT2D eigenvalue weighted by Gasteiger charge is 1.99. The fraction of sp³-hybridized carbons (Fsp3) is 1.00. The second-order valence-electron chi connectivity index (χ2n) is 3.80. The minimum absolute atomic E-state index is 0.623. The summed E-state index contributed by atoms with van der Waals surface area (Å²) >= 11 is 2.01. The second kappa shape index (κ2) is 13.3. The minimum atomic E-state index is 0.623. The molecule has 0 aromatic carbocycles. The molecule has 1 atom stereocenters. The topological polar surface area (TPSA) is 30.5 Å². The van der Waals surface area contributed by atoms with Crippen LogP contribution in [-0.4, -0.2) is 51.0 Å². The summed E-state index contributed by atoms with van der Waals surface area (Å²) in [5, 5.41) is 3.51. The third-order valence-electron chi connectivity index (χ3n) is 2.29. The Hall–Kier alpha value is 0.230. The van der Waals surface area contributed by atoms with E-state index < -0.39 is 0 Å². The predicted octanol–water partition coefficient (Wildman–Crippen LogP) is 2.16. The Bertz CT molecular complexity index is 136. The maximum absolute atomic E-state index is 5.39. The predicted molar refractivity (Wildman–Crippen MR) is 72.4 cm³/mol. The zero-order valence-electron chi connectivity index (χ0n) is 11.0. The van der Waals surface area contributed by atoms with Crippen LogP contribution >= 0.6 is 11.8 Å². The first-order valence-corrected chi connectivity index (χ1v) is 7.34. The van der Waals surface area contributed by atoms with Crippen LogP contribution in [0.25, 0.3) is 0 Å². The standard InChI is InChI=1S/C12H27NO2S/c1-4-16-11-6-12(2)13-7-5-8-15-10-9-14-3/h12-13H,4-11H2,1-3H3. The largest absolute Gasteiger partial charge is 0.382 e. The molecule has 0 amide bonds. The molecular formula is C12H27NO2S. The molecular weight excluding hydrogens is 222 g/mol. The summed E-state index contributed by atoms with van der Waals surface area (Å²) in [7, 11) is 1.70. The van der Waals surface area contributed by atoms with Gasteiger partial charge in [0.25, 0.3) is 0 Å². The van der Waals surface area contributed by atoms with Crippen LogP contribution in [0.5, 0.6) is 0 Å². The number of hydrogen-bond donors (Lipinski definition) is 1. The van der Waals surface area contributed by atoms with Crippen molar-refractivity contribution >= 4 is 11.8 Å². The molecule has 0 saturated heterocycles. The maximum Gasteiger partial charge on any atom is 0.0700 e. The smallest absolute Gasteiger partial charge is 0.0700 e. The number of thioether (sulfide) groups is 1. The zero-order valence-corrected chi connectivity index (χ0v) is 11.8.